The molecule has 12 heteroatoms. The van der Waals surface area contributed by atoms with Crippen LogP contribution >= 0.6 is 11.6 Å². The Morgan fingerprint density at radius 2 is 1.91 bits per heavy atom. The molecule has 1 aromatic heterocycles. The lowest BCUT2D eigenvalue weighted by Gasteiger charge is -2.35. The molecule has 1 N–H and O–H groups in total. The van der Waals surface area contributed by atoms with E-state index in [1.165, 1.54) is 24.3 Å². The highest BCUT2D eigenvalue weighted by Gasteiger charge is 2.38. The number of carbonyl (C=O) groups excluding carboxylic acids is 2. The molecule has 0 spiro atoms. The van der Waals surface area contributed by atoms with Crippen LogP contribution in [0.15, 0.2) is 53.1 Å². The molecule has 0 saturated carbocycles. The van der Waals surface area contributed by atoms with Crippen molar-refractivity contribution in [2.45, 2.75) is 12.2 Å². The summed E-state index contributed by atoms with van der Waals surface area (Å²) in [4.78, 5) is 30.5. The van der Waals surface area contributed by atoms with Gasteiger partial charge in [-0.2, -0.15) is 18.2 Å². The van der Waals surface area contributed by atoms with Gasteiger partial charge in [-0.25, -0.2) is 0 Å². The second-order valence-electron chi connectivity index (χ2n) is 7.45. The van der Waals surface area contributed by atoms with E-state index >= 15 is 0 Å². The molecule has 1 aliphatic rings. The molecule has 3 aromatic rings. The van der Waals surface area contributed by atoms with Crippen LogP contribution in [-0.4, -0.2) is 59.2 Å². The molecule has 1 atom stereocenters. The number of rotatable bonds is 5. The maximum Gasteiger partial charge on any atom is 0.471 e. The SMILES string of the molecule is O=C(NCC1COCCN1C(=O)c1cccc(Cl)c1)c1ccc(-c2noc(C(F)(F)F)n2)cc1. The quantitative estimate of drug-likeness (QED) is 0.581. The molecule has 1 fully saturated rings. The number of morpholine rings is 1. The van der Waals surface area contributed by atoms with Crippen molar-refractivity contribution >= 4 is 23.4 Å². The standard InChI is InChI=1S/C22H18ClF3N4O4/c23-16-3-1-2-15(10-16)20(32)30-8-9-33-12-17(30)11-27-19(31)14-6-4-13(5-7-14)18-28-21(34-29-18)22(24,25)26/h1-7,10,17H,8-9,11-12H2,(H,27,31). The second-order valence-corrected chi connectivity index (χ2v) is 7.88. The van der Waals surface area contributed by atoms with Crippen LogP contribution in [0.1, 0.15) is 26.6 Å². The van der Waals surface area contributed by atoms with Crippen molar-refractivity contribution in [2.75, 3.05) is 26.3 Å². The van der Waals surface area contributed by atoms with Gasteiger partial charge in [-0.3, -0.25) is 9.59 Å². The number of alkyl halides is 3. The van der Waals surface area contributed by atoms with Crippen molar-refractivity contribution in [3.63, 3.8) is 0 Å². The van der Waals surface area contributed by atoms with E-state index in [0.717, 1.165) is 0 Å². The predicted molar refractivity (Wildman–Crippen MR) is 114 cm³/mol. The van der Waals surface area contributed by atoms with Gasteiger partial charge in [-0.1, -0.05) is 35.0 Å². The summed E-state index contributed by atoms with van der Waals surface area (Å²) in [6, 6.07) is 11.9. The number of benzene rings is 2. The molecule has 178 valence electrons. The molecule has 0 radical (unpaired) electrons. The topological polar surface area (TPSA) is 97.6 Å². The zero-order valence-corrected chi connectivity index (χ0v) is 18.3. The van der Waals surface area contributed by atoms with Crippen LogP contribution < -0.4 is 5.32 Å². The van der Waals surface area contributed by atoms with Crippen LogP contribution in [0.5, 0.6) is 0 Å². The van der Waals surface area contributed by atoms with Gasteiger partial charge in [0.25, 0.3) is 11.8 Å². The average molecular weight is 495 g/mol. The molecular weight excluding hydrogens is 477 g/mol. The normalized spacial score (nSPS) is 16.4. The van der Waals surface area contributed by atoms with E-state index in [9.17, 15) is 22.8 Å². The first-order valence-electron chi connectivity index (χ1n) is 10.2. The number of hydrogen-bond donors (Lipinski definition) is 1. The average Bonchev–Trinajstić information content (AvgIpc) is 3.33. The number of halogens is 4. The highest BCUT2D eigenvalue weighted by Crippen LogP contribution is 2.29. The lowest BCUT2D eigenvalue weighted by atomic mass is 10.1. The van der Waals surface area contributed by atoms with Crippen molar-refractivity contribution in [1.29, 1.82) is 0 Å². The lowest BCUT2D eigenvalue weighted by Crippen LogP contribution is -2.53. The largest absolute Gasteiger partial charge is 0.471 e. The van der Waals surface area contributed by atoms with Crippen molar-refractivity contribution in [1.82, 2.24) is 20.4 Å². The fourth-order valence-corrected chi connectivity index (χ4v) is 3.61. The van der Waals surface area contributed by atoms with Crippen LogP contribution in [0, 0.1) is 0 Å². The first-order chi connectivity index (χ1) is 16.2. The number of ether oxygens (including phenoxy) is 1. The Bertz CT molecular complexity index is 1180. The molecule has 0 aliphatic carbocycles. The first kappa shape index (κ1) is 23.7. The van der Waals surface area contributed by atoms with Crippen molar-refractivity contribution in [3.05, 3.63) is 70.6 Å². The molecule has 1 aliphatic heterocycles. The minimum Gasteiger partial charge on any atom is -0.377 e. The Balaban J connectivity index is 1.39. The van der Waals surface area contributed by atoms with E-state index in [1.807, 2.05) is 0 Å². The van der Waals surface area contributed by atoms with Gasteiger partial charge in [0.05, 0.1) is 19.3 Å². The summed E-state index contributed by atoms with van der Waals surface area (Å²) < 4.78 is 47.6. The molecule has 1 unspecified atom stereocenters. The van der Waals surface area contributed by atoms with Gasteiger partial charge in [-0.15, -0.1) is 0 Å². The van der Waals surface area contributed by atoms with Gasteiger partial charge < -0.3 is 19.5 Å². The number of amides is 2. The summed E-state index contributed by atoms with van der Waals surface area (Å²) in [5, 5.41) is 6.52. The Morgan fingerprint density at radius 1 is 1.15 bits per heavy atom. The molecule has 2 amide bonds. The minimum absolute atomic E-state index is 0.146. The van der Waals surface area contributed by atoms with Crippen molar-refractivity contribution < 1.29 is 32.0 Å². The zero-order valence-electron chi connectivity index (χ0n) is 17.5. The van der Waals surface area contributed by atoms with E-state index in [2.05, 4.69) is 20.0 Å². The Labute approximate surface area is 196 Å². The number of aromatic nitrogens is 2. The van der Waals surface area contributed by atoms with E-state index < -0.39 is 18.0 Å². The number of nitrogens with zero attached hydrogens (tertiary/aromatic N) is 3. The van der Waals surface area contributed by atoms with E-state index in [-0.39, 0.29) is 42.1 Å². The smallest absolute Gasteiger partial charge is 0.377 e. The Kier molecular flexibility index (Phi) is 6.85. The predicted octanol–water partition coefficient (Wildman–Crippen LogP) is 3.68. The fourth-order valence-electron chi connectivity index (χ4n) is 3.42. The van der Waals surface area contributed by atoms with E-state index in [0.29, 0.717) is 23.7 Å². The first-order valence-corrected chi connectivity index (χ1v) is 10.5. The van der Waals surface area contributed by atoms with Crippen LogP contribution in [-0.2, 0) is 10.9 Å². The zero-order chi connectivity index (χ0) is 24.3. The molecule has 34 heavy (non-hydrogen) atoms. The molecule has 2 heterocycles. The van der Waals surface area contributed by atoms with Gasteiger partial charge in [0.15, 0.2) is 0 Å². The van der Waals surface area contributed by atoms with Crippen molar-refractivity contribution in [2.24, 2.45) is 0 Å². The summed E-state index contributed by atoms with van der Waals surface area (Å²) >= 11 is 5.99. The summed E-state index contributed by atoms with van der Waals surface area (Å²) in [7, 11) is 0. The Morgan fingerprint density at radius 3 is 2.59 bits per heavy atom. The molecular formula is C22H18ClF3N4O4. The summed E-state index contributed by atoms with van der Waals surface area (Å²) in [6.07, 6.45) is -4.74. The summed E-state index contributed by atoms with van der Waals surface area (Å²) in [5.74, 6) is -2.33. The maximum atomic E-state index is 12.9. The number of nitrogens with one attached hydrogen (secondary N) is 1. The molecule has 8 nitrogen and oxygen atoms in total. The highest BCUT2D eigenvalue weighted by molar-refractivity contribution is 6.30. The van der Waals surface area contributed by atoms with Crippen molar-refractivity contribution in [3.8, 4) is 11.4 Å². The molecule has 2 aromatic carbocycles. The van der Waals surface area contributed by atoms with Gasteiger partial charge in [0, 0.05) is 34.8 Å². The van der Waals surface area contributed by atoms with Crippen LogP contribution in [0.4, 0.5) is 13.2 Å². The molecule has 0 bridgehead atoms. The summed E-state index contributed by atoms with van der Waals surface area (Å²) in [6.45, 7) is 1.15. The maximum absolute atomic E-state index is 12.9. The molecule has 1 saturated heterocycles. The van der Waals surface area contributed by atoms with E-state index in [4.69, 9.17) is 16.3 Å². The highest BCUT2D eigenvalue weighted by atomic mass is 35.5. The lowest BCUT2D eigenvalue weighted by molar-refractivity contribution is -0.159. The van der Waals surface area contributed by atoms with Crippen LogP contribution in [0.2, 0.25) is 5.02 Å². The minimum atomic E-state index is -4.74. The third kappa shape index (κ3) is 5.37. The Hall–Kier alpha value is -3.44. The number of carbonyl (C=O) groups is 2. The van der Waals surface area contributed by atoms with E-state index in [1.54, 1.807) is 29.2 Å². The van der Waals surface area contributed by atoms with Gasteiger partial charge in [-0.05, 0) is 30.3 Å². The van der Waals surface area contributed by atoms with Gasteiger partial charge in [0.1, 0.15) is 0 Å². The van der Waals surface area contributed by atoms with Crippen LogP contribution in [0.3, 0.4) is 0 Å². The molecule has 4 rings (SSSR count). The van der Waals surface area contributed by atoms with Gasteiger partial charge >= 0.3 is 12.1 Å². The third-order valence-corrected chi connectivity index (χ3v) is 5.37. The monoisotopic (exact) mass is 494 g/mol. The second kappa shape index (κ2) is 9.82. The van der Waals surface area contributed by atoms with Crippen LogP contribution in [0.25, 0.3) is 11.4 Å². The fraction of sp³-hybridized carbons (Fsp3) is 0.273. The summed E-state index contributed by atoms with van der Waals surface area (Å²) in [5.41, 5.74) is 0.971. The number of hydrogen-bond acceptors (Lipinski definition) is 6. The van der Waals surface area contributed by atoms with Gasteiger partial charge in [0.2, 0.25) is 5.82 Å². The third-order valence-electron chi connectivity index (χ3n) is 5.13.